The number of benzene rings is 1. The summed E-state index contributed by atoms with van der Waals surface area (Å²) in [5, 5.41) is 0. The Morgan fingerprint density at radius 3 is 2.40 bits per heavy atom. The fourth-order valence-corrected chi connectivity index (χ4v) is 3.12. The van der Waals surface area contributed by atoms with E-state index in [0.29, 0.717) is 22.7 Å². The van der Waals surface area contributed by atoms with E-state index >= 15 is 0 Å². The highest BCUT2D eigenvalue weighted by molar-refractivity contribution is 9.10. The van der Waals surface area contributed by atoms with Crippen molar-refractivity contribution in [3.8, 4) is 0 Å². The van der Waals surface area contributed by atoms with Crippen LogP contribution in [0, 0.1) is 5.82 Å². The number of ketones is 1. The molecule has 106 valence electrons. The molecule has 2 aromatic rings. The zero-order valence-corrected chi connectivity index (χ0v) is 12.6. The van der Waals surface area contributed by atoms with Gasteiger partial charge in [-0.05, 0) is 40.2 Å². The Morgan fingerprint density at radius 1 is 1.25 bits per heavy atom. The number of hydrogen-bond acceptors (Lipinski definition) is 2. The molecule has 0 bridgehead atoms. The van der Waals surface area contributed by atoms with Crippen molar-refractivity contribution in [3.05, 3.63) is 54.9 Å². The summed E-state index contributed by atoms with van der Waals surface area (Å²) in [4.78, 5) is 12.1. The molecule has 0 saturated heterocycles. The molecular weight excluding hydrogens is 384 g/mol. The van der Waals surface area contributed by atoms with Gasteiger partial charge in [0.25, 0.3) is 0 Å². The first kappa shape index (κ1) is 15.5. The van der Waals surface area contributed by atoms with E-state index in [4.69, 9.17) is 11.6 Å². The van der Waals surface area contributed by atoms with Gasteiger partial charge in [-0.1, -0.05) is 11.6 Å². The van der Waals surface area contributed by atoms with Crippen molar-refractivity contribution in [3.63, 3.8) is 0 Å². The second-order valence-electron chi connectivity index (χ2n) is 3.75. The van der Waals surface area contributed by atoms with E-state index in [2.05, 4.69) is 15.9 Å². The molecule has 1 heterocycles. The second kappa shape index (κ2) is 5.46. The monoisotopic (exact) mass is 386 g/mol. The lowest BCUT2D eigenvalue weighted by Crippen LogP contribution is -2.09. The molecule has 0 aliphatic rings. The maximum atomic E-state index is 13.6. The van der Waals surface area contributed by atoms with Gasteiger partial charge in [-0.25, -0.2) is 4.39 Å². The van der Waals surface area contributed by atoms with E-state index in [1.807, 2.05) is 0 Å². The summed E-state index contributed by atoms with van der Waals surface area (Å²) < 4.78 is 52.0. The second-order valence-corrected chi connectivity index (χ2v) is 6.26. The molecule has 20 heavy (non-hydrogen) atoms. The standard InChI is InChI=1S/C12H4BrClF4OS/c13-7-4-9(20-11(7)14)10(19)6-3-5(12(16,17)18)1-2-8(6)15/h1-4H. The van der Waals surface area contributed by atoms with Crippen LogP contribution in [0.15, 0.2) is 28.7 Å². The lowest BCUT2D eigenvalue weighted by molar-refractivity contribution is -0.137. The van der Waals surface area contributed by atoms with Crippen LogP contribution >= 0.6 is 38.9 Å². The van der Waals surface area contributed by atoms with Crippen LogP contribution in [0.1, 0.15) is 20.8 Å². The Hall–Kier alpha value is -0.920. The van der Waals surface area contributed by atoms with Crippen molar-refractivity contribution >= 4 is 44.7 Å². The fourth-order valence-electron chi connectivity index (χ4n) is 1.47. The average Bonchev–Trinajstić information content (AvgIpc) is 2.68. The first-order chi connectivity index (χ1) is 9.20. The quantitative estimate of drug-likeness (QED) is 0.487. The first-order valence-electron chi connectivity index (χ1n) is 5.06. The van der Waals surface area contributed by atoms with Crippen LogP contribution in [0.25, 0.3) is 0 Å². The van der Waals surface area contributed by atoms with Gasteiger partial charge in [0.1, 0.15) is 10.2 Å². The smallest absolute Gasteiger partial charge is 0.288 e. The van der Waals surface area contributed by atoms with Crippen LogP contribution < -0.4 is 0 Å². The Balaban J connectivity index is 2.49. The molecule has 1 aromatic carbocycles. The van der Waals surface area contributed by atoms with Crippen LogP contribution in [-0.4, -0.2) is 5.78 Å². The largest absolute Gasteiger partial charge is 0.416 e. The number of carbonyl (C=O) groups excluding carboxylic acids is 1. The van der Waals surface area contributed by atoms with Crippen molar-refractivity contribution in [2.24, 2.45) is 0 Å². The fraction of sp³-hybridized carbons (Fsp3) is 0.0833. The predicted molar refractivity (Wildman–Crippen MR) is 71.9 cm³/mol. The molecule has 8 heteroatoms. The molecule has 0 aliphatic carbocycles. The minimum atomic E-state index is -4.64. The molecule has 0 fully saturated rings. The van der Waals surface area contributed by atoms with Gasteiger partial charge in [0.05, 0.1) is 16.0 Å². The topological polar surface area (TPSA) is 17.1 Å². The SMILES string of the molecule is O=C(c1cc(Br)c(Cl)s1)c1cc(C(F)(F)F)ccc1F. The lowest BCUT2D eigenvalue weighted by Gasteiger charge is -2.08. The van der Waals surface area contributed by atoms with Crippen molar-refractivity contribution in [2.75, 3.05) is 0 Å². The van der Waals surface area contributed by atoms with Crippen molar-refractivity contribution < 1.29 is 22.4 Å². The highest BCUT2D eigenvalue weighted by atomic mass is 79.9. The highest BCUT2D eigenvalue weighted by Crippen LogP contribution is 2.35. The third-order valence-electron chi connectivity index (χ3n) is 2.41. The Morgan fingerprint density at radius 2 is 1.90 bits per heavy atom. The molecule has 0 atom stereocenters. The van der Waals surface area contributed by atoms with Crippen molar-refractivity contribution in [1.29, 1.82) is 0 Å². The third-order valence-corrected chi connectivity index (χ3v) is 4.88. The molecule has 1 nitrogen and oxygen atoms in total. The maximum Gasteiger partial charge on any atom is 0.416 e. The molecule has 2 rings (SSSR count). The summed E-state index contributed by atoms with van der Waals surface area (Å²) in [7, 11) is 0. The summed E-state index contributed by atoms with van der Waals surface area (Å²) in [5.41, 5.74) is -1.71. The van der Waals surface area contributed by atoms with Crippen LogP contribution in [0.3, 0.4) is 0 Å². The predicted octanol–water partition coefficient (Wildman–Crippen LogP) is 5.55. The molecule has 1 aromatic heterocycles. The zero-order valence-electron chi connectivity index (χ0n) is 9.39. The molecule has 0 saturated carbocycles. The van der Waals surface area contributed by atoms with Crippen LogP contribution in [0.2, 0.25) is 4.34 Å². The first-order valence-corrected chi connectivity index (χ1v) is 7.05. The molecule has 0 radical (unpaired) electrons. The van der Waals surface area contributed by atoms with Crippen molar-refractivity contribution in [2.45, 2.75) is 6.18 Å². The van der Waals surface area contributed by atoms with Gasteiger partial charge in [-0.15, -0.1) is 11.3 Å². The average molecular weight is 388 g/mol. The molecular formula is C12H4BrClF4OS. The summed E-state index contributed by atoms with van der Waals surface area (Å²) >= 11 is 9.68. The molecule has 0 N–H and O–H groups in total. The van der Waals surface area contributed by atoms with Gasteiger partial charge < -0.3 is 0 Å². The number of halogens is 6. The molecule has 0 spiro atoms. The molecule has 0 unspecified atom stereocenters. The number of alkyl halides is 3. The molecule has 0 aliphatic heterocycles. The highest BCUT2D eigenvalue weighted by Gasteiger charge is 2.32. The summed E-state index contributed by atoms with van der Waals surface area (Å²) in [6.45, 7) is 0. The van der Waals surface area contributed by atoms with Crippen LogP contribution in [-0.2, 0) is 6.18 Å². The van der Waals surface area contributed by atoms with Gasteiger partial charge >= 0.3 is 6.18 Å². The van der Waals surface area contributed by atoms with Gasteiger partial charge in [-0.3, -0.25) is 4.79 Å². The normalized spacial score (nSPS) is 11.7. The van der Waals surface area contributed by atoms with E-state index in [-0.39, 0.29) is 9.21 Å². The number of thiophene rings is 1. The van der Waals surface area contributed by atoms with Gasteiger partial charge in [-0.2, -0.15) is 13.2 Å². The molecule has 0 amide bonds. The lowest BCUT2D eigenvalue weighted by atomic mass is 10.1. The minimum Gasteiger partial charge on any atom is -0.288 e. The van der Waals surface area contributed by atoms with E-state index in [1.54, 1.807) is 0 Å². The van der Waals surface area contributed by atoms with E-state index in [1.165, 1.54) is 6.07 Å². The summed E-state index contributed by atoms with van der Waals surface area (Å²) in [5.74, 6) is -1.85. The Labute approximate surface area is 128 Å². The number of hydrogen-bond donors (Lipinski definition) is 0. The third kappa shape index (κ3) is 3.05. The van der Waals surface area contributed by atoms with Gasteiger partial charge in [0, 0.05) is 4.47 Å². The zero-order chi connectivity index (χ0) is 15.1. The van der Waals surface area contributed by atoms with Gasteiger partial charge in [0.2, 0.25) is 5.78 Å². The van der Waals surface area contributed by atoms with Crippen molar-refractivity contribution in [1.82, 2.24) is 0 Å². The maximum absolute atomic E-state index is 13.6. The van der Waals surface area contributed by atoms with E-state index in [0.717, 1.165) is 11.3 Å². The summed E-state index contributed by atoms with van der Waals surface area (Å²) in [6.07, 6.45) is -4.64. The van der Waals surface area contributed by atoms with Gasteiger partial charge in [0.15, 0.2) is 0 Å². The Bertz CT molecular complexity index is 661. The number of rotatable bonds is 2. The number of carbonyl (C=O) groups is 1. The van der Waals surface area contributed by atoms with Crippen LogP contribution in [0.4, 0.5) is 17.6 Å². The van der Waals surface area contributed by atoms with E-state index in [9.17, 15) is 22.4 Å². The Kier molecular flexibility index (Phi) is 4.22. The van der Waals surface area contributed by atoms with E-state index < -0.39 is 28.9 Å². The summed E-state index contributed by atoms with van der Waals surface area (Å²) in [6, 6.07) is 3.05. The van der Waals surface area contributed by atoms with Crippen LogP contribution in [0.5, 0.6) is 0 Å². The minimum absolute atomic E-state index is 0.0556.